The number of benzene rings is 1. The molecule has 1 aliphatic carbocycles. The van der Waals surface area contributed by atoms with Gasteiger partial charge >= 0.3 is 0 Å². The molecule has 1 aromatic heterocycles. The van der Waals surface area contributed by atoms with Crippen molar-refractivity contribution in [3.8, 4) is 6.07 Å². The summed E-state index contributed by atoms with van der Waals surface area (Å²) in [6.45, 7) is 2.39. The Hall–Kier alpha value is -3.68. The first-order valence-corrected chi connectivity index (χ1v) is 12.2. The van der Waals surface area contributed by atoms with Gasteiger partial charge in [-0.25, -0.2) is 0 Å². The lowest BCUT2D eigenvalue weighted by Gasteiger charge is -2.20. The fraction of sp³-hybridized carbons (Fsp3) is 0.400. The number of amides is 2. The van der Waals surface area contributed by atoms with Crippen LogP contribution in [-0.4, -0.2) is 53.6 Å². The number of rotatable bonds is 8. The number of carbonyl (C=O) groups excluding carboxylic acids is 2. The van der Waals surface area contributed by atoms with E-state index in [1.165, 1.54) is 6.20 Å². The second kappa shape index (κ2) is 10.9. The van der Waals surface area contributed by atoms with Crippen LogP contribution >= 0.6 is 11.6 Å². The van der Waals surface area contributed by atoms with E-state index in [9.17, 15) is 20.0 Å². The molecule has 5 N–H and O–H groups in total. The molecule has 0 spiro atoms. The summed E-state index contributed by atoms with van der Waals surface area (Å²) < 4.78 is 0. The average Bonchev–Trinajstić information content (AvgIpc) is 3.68. The fourth-order valence-corrected chi connectivity index (χ4v) is 4.24. The molecule has 1 aliphatic heterocycles. The molecule has 10 nitrogen and oxygen atoms in total. The van der Waals surface area contributed by atoms with E-state index >= 15 is 0 Å². The zero-order valence-electron chi connectivity index (χ0n) is 19.8. The first kappa shape index (κ1) is 25.4. The topological polar surface area (TPSA) is 152 Å². The Balaban J connectivity index is 1.34. The molecule has 188 valence electrons. The van der Waals surface area contributed by atoms with Crippen LogP contribution in [-0.2, 0) is 10.2 Å². The van der Waals surface area contributed by atoms with E-state index in [1.807, 2.05) is 19.1 Å². The fourth-order valence-electron chi connectivity index (χ4n) is 3.99. The maximum Gasteiger partial charge on any atom is 0.253 e. The first-order valence-electron chi connectivity index (χ1n) is 11.8. The van der Waals surface area contributed by atoms with Crippen LogP contribution in [0, 0.1) is 11.3 Å². The number of hydrogen-bond acceptors (Lipinski definition) is 8. The van der Waals surface area contributed by atoms with Crippen molar-refractivity contribution in [1.82, 2.24) is 20.9 Å². The van der Waals surface area contributed by atoms with Crippen molar-refractivity contribution in [2.45, 2.75) is 43.7 Å². The van der Waals surface area contributed by atoms with Crippen LogP contribution in [0.1, 0.15) is 53.7 Å². The normalized spacial score (nSPS) is 18.6. The molecule has 2 aliphatic rings. The standard InChI is InChI=1S/C25H28ClN7O3/c1-2-21(15-5-17(8-18(26)6-15)25(14-27)3-4-25)33-22(35)13-29-23(36)16-7-19(10-28-9-16)32-24-30-11-20(34)12-31-24/h5-10,20-21,34H,2-4,11-13H2,1H3,(H,29,36)(H,33,35)(H2,30,31,32)/t21-/m0/s1. The number of aliphatic imine (C=N–C) groups is 1. The van der Waals surface area contributed by atoms with Gasteiger partial charge in [0, 0.05) is 17.8 Å². The Morgan fingerprint density at radius 2 is 2.11 bits per heavy atom. The van der Waals surface area contributed by atoms with Crippen LogP contribution in [0.25, 0.3) is 0 Å². The minimum Gasteiger partial charge on any atom is -0.389 e. The van der Waals surface area contributed by atoms with Gasteiger partial charge in [0.1, 0.15) is 0 Å². The number of β-amino-alcohol motifs (C(OH)–C–C–N with tert-alkyl or cyclic N) is 1. The number of aromatic nitrogens is 1. The van der Waals surface area contributed by atoms with Gasteiger partial charge in [-0.15, -0.1) is 0 Å². The number of hydrogen-bond donors (Lipinski definition) is 5. The Kier molecular flexibility index (Phi) is 7.72. The number of aliphatic hydroxyl groups excluding tert-OH is 1. The molecule has 0 radical (unpaired) electrons. The summed E-state index contributed by atoms with van der Waals surface area (Å²) >= 11 is 6.32. The Bertz CT molecular complexity index is 1220. The highest BCUT2D eigenvalue weighted by Crippen LogP contribution is 2.48. The number of anilines is 1. The Morgan fingerprint density at radius 1 is 1.31 bits per heavy atom. The van der Waals surface area contributed by atoms with Gasteiger partial charge < -0.3 is 26.4 Å². The van der Waals surface area contributed by atoms with Crippen LogP contribution < -0.4 is 21.3 Å². The molecule has 0 saturated heterocycles. The minimum atomic E-state index is -0.530. The van der Waals surface area contributed by atoms with Crippen molar-refractivity contribution in [1.29, 1.82) is 5.26 Å². The van der Waals surface area contributed by atoms with Gasteiger partial charge in [0.2, 0.25) is 5.91 Å². The molecular formula is C25H28ClN7O3. The van der Waals surface area contributed by atoms with Crippen molar-refractivity contribution in [3.63, 3.8) is 0 Å². The molecule has 11 heteroatoms. The van der Waals surface area contributed by atoms with Crippen molar-refractivity contribution in [2.75, 3.05) is 25.0 Å². The van der Waals surface area contributed by atoms with Gasteiger partial charge in [0.25, 0.3) is 5.91 Å². The summed E-state index contributed by atoms with van der Waals surface area (Å²) in [5.74, 6) is -0.311. The maximum absolute atomic E-state index is 12.6. The molecule has 2 heterocycles. The maximum atomic E-state index is 12.6. The number of pyridine rings is 1. The van der Waals surface area contributed by atoms with Gasteiger partial charge in [0.05, 0.1) is 54.2 Å². The minimum absolute atomic E-state index is 0.214. The average molecular weight is 510 g/mol. The zero-order chi connectivity index (χ0) is 25.7. The second-order valence-electron chi connectivity index (χ2n) is 8.99. The van der Waals surface area contributed by atoms with Crippen LogP contribution in [0.3, 0.4) is 0 Å². The van der Waals surface area contributed by atoms with Gasteiger partial charge in [-0.2, -0.15) is 5.26 Å². The number of halogens is 1. The van der Waals surface area contributed by atoms with Crippen molar-refractivity contribution < 1.29 is 14.7 Å². The molecule has 1 fully saturated rings. The zero-order valence-corrected chi connectivity index (χ0v) is 20.6. The summed E-state index contributed by atoms with van der Waals surface area (Å²) in [7, 11) is 0. The Labute approximate surface area is 214 Å². The largest absolute Gasteiger partial charge is 0.389 e. The van der Waals surface area contributed by atoms with Crippen LogP contribution in [0.2, 0.25) is 5.02 Å². The highest BCUT2D eigenvalue weighted by molar-refractivity contribution is 6.30. The highest BCUT2D eigenvalue weighted by Gasteiger charge is 2.45. The third kappa shape index (κ3) is 6.11. The van der Waals surface area contributed by atoms with Gasteiger partial charge in [0.15, 0.2) is 5.96 Å². The monoisotopic (exact) mass is 509 g/mol. The smallest absolute Gasteiger partial charge is 0.253 e. The Morgan fingerprint density at radius 3 is 2.78 bits per heavy atom. The van der Waals surface area contributed by atoms with E-state index in [2.05, 4.69) is 37.3 Å². The highest BCUT2D eigenvalue weighted by atomic mass is 35.5. The number of nitriles is 1. The predicted octanol–water partition coefficient (Wildman–Crippen LogP) is 2.02. The second-order valence-corrected chi connectivity index (χ2v) is 9.43. The van der Waals surface area contributed by atoms with Crippen LogP contribution in [0.4, 0.5) is 5.69 Å². The first-order chi connectivity index (χ1) is 17.3. The molecule has 2 aromatic rings. The lowest BCUT2D eigenvalue weighted by molar-refractivity contribution is -0.120. The van der Waals surface area contributed by atoms with E-state index in [4.69, 9.17) is 11.6 Å². The number of aliphatic hydroxyl groups is 1. The summed E-state index contributed by atoms with van der Waals surface area (Å²) in [5.41, 5.74) is 2.05. The number of guanidine groups is 1. The lowest BCUT2D eigenvalue weighted by Crippen LogP contribution is -2.42. The van der Waals surface area contributed by atoms with E-state index in [0.717, 1.165) is 24.0 Å². The van der Waals surface area contributed by atoms with Crippen molar-refractivity contribution in [3.05, 3.63) is 58.4 Å². The molecule has 36 heavy (non-hydrogen) atoms. The molecule has 1 saturated carbocycles. The lowest BCUT2D eigenvalue weighted by atomic mass is 9.93. The summed E-state index contributed by atoms with van der Waals surface area (Å²) in [4.78, 5) is 33.5. The molecule has 2 amide bonds. The van der Waals surface area contributed by atoms with E-state index < -0.39 is 17.4 Å². The molecule has 0 bridgehead atoms. The number of nitrogens with one attached hydrogen (secondary N) is 4. The predicted molar refractivity (Wildman–Crippen MR) is 136 cm³/mol. The van der Waals surface area contributed by atoms with Gasteiger partial charge in [-0.3, -0.25) is 19.6 Å². The molecule has 1 aromatic carbocycles. The molecule has 2 atom stereocenters. The quantitative estimate of drug-likeness (QED) is 0.365. The van der Waals surface area contributed by atoms with Gasteiger partial charge in [-0.1, -0.05) is 24.6 Å². The van der Waals surface area contributed by atoms with E-state index in [0.29, 0.717) is 29.6 Å². The third-order valence-corrected chi connectivity index (χ3v) is 6.44. The van der Waals surface area contributed by atoms with Crippen molar-refractivity contribution >= 4 is 35.1 Å². The van der Waals surface area contributed by atoms with Gasteiger partial charge in [-0.05, 0) is 48.6 Å². The van der Waals surface area contributed by atoms with Crippen LogP contribution in [0.5, 0.6) is 0 Å². The van der Waals surface area contributed by atoms with E-state index in [1.54, 1.807) is 18.3 Å². The summed E-state index contributed by atoms with van der Waals surface area (Å²) in [6, 6.07) is 9.21. The van der Waals surface area contributed by atoms with Crippen LogP contribution in [0.15, 0.2) is 41.7 Å². The summed E-state index contributed by atoms with van der Waals surface area (Å²) in [6.07, 6.45) is 4.64. The molecule has 1 unspecified atom stereocenters. The molecular weight excluding hydrogens is 482 g/mol. The van der Waals surface area contributed by atoms with Crippen molar-refractivity contribution in [2.24, 2.45) is 4.99 Å². The molecule has 4 rings (SSSR count). The SMILES string of the molecule is CC[C@H](NC(=O)CNC(=O)c1cncc(NC2=NCC(O)CN2)c1)c1cc(Cl)cc(C2(C#N)CC2)c1. The number of nitrogens with zero attached hydrogens (tertiary/aromatic N) is 3. The third-order valence-electron chi connectivity index (χ3n) is 6.22. The number of carbonyl (C=O) groups is 2. The van der Waals surface area contributed by atoms with E-state index in [-0.39, 0.29) is 30.6 Å². The summed E-state index contributed by atoms with van der Waals surface area (Å²) in [5, 5.41) is 31.1.